The van der Waals surface area contributed by atoms with Crippen molar-refractivity contribution in [1.29, 1.82) is 0 Å². The molecule has 0 aliphatic carbocycles. The molecule has 1 aliphatic rings. The second-order valence-corrected chi connectivity index (χ2v) is 4.32. The zero-order valence-corrected chi connectivity index (χ0v) is 7.51. The summed E-state index contributed by atoms with van der Waals surface area (Å²) in [5, 5.41) is 0. The molecule has 0 spiro atoms. The van der Waals surface area contributed by atoms with E-state index in [9.17, 15) is 12.8 Å². The van der Waals surface area contributed by atoms with E-state index in [0.717, 1.165) is 6.26 Å². The van der Waals surface area contributed by atoms with Crippen molar-refractivity contribution < 1.29 is 21.7 Å². The molecule has 1 fully saturated rings. The zero-order valence-electron chi connectivity index (χ0n) is 6.70. The highest BCUT2D eigenvalue weighted by Crippen LogP contribution is 2.16. The number of halogens is 1. The average Bonchev–Trinajstić information content (AvgIpc) is 1.91. The Labute approximate surface area is 70.8 Å². The molecule has 1 heterocycles. The molecule has 4 nitrogen and oxygen atoms in total. The van der Waals surface area contributed by atoms with Crippen molar-refractivity contribution in [3.63, 3.8) is 0 Å². The summed E-state index contributed by atoms with van der Waals surface area (Å²) in [6, 6.07) is 0. The van der Waals surface area contributed by atoms with Crippen molar-refractivity contribution in [2.24, 2.45) is 0 Å². The molecule has 72 valence electrons. The molecule has 0 saturated carbocycles. The minimum Gasteiger partial charge on any atom is -0.378 e. The van der Waals surface area contributed by atoms with Gasteiger partial charge >= 0.3 is 0 Å². The third kappa shape index (κ3) is 3.04. The highest BCUT2D eigenvalue weighted by atomic mass is 32.2. The van der Waals surface area contributed by atoms with Crippen LogP contribution in [0.4, 0.5) is 4.39 Å². The van der Waals surface area contributed by atoms with Crippen LogP contribution in [0.1, 0.15) is 6.42 Å². The highest BCUT2D eigenvalue weighted by Gasteiger charge is 2.29. The molecular weight excluding hydrogens is 187 g/mol. The van der Waals surface area contributed by atoms with Crippen LogP contribution in [0.15, 0.2) is 0 Å². The van der Waals surface area contributed by atoms with Gasteiger partial charge in [0.2, 0.25) is 0 Å². The molecule has 0 N–H and O–H groups in total. The van der Waals surface area contributed by atoms with Crippen LogP contribution in [0.5, 0.6) is 0 Å². The first kappa shape index (κ1) is 9.88. The fourth-order valence-electron chi connectivity index (χ4n) is 1.02. The molecule has 0 aromatic carbocycles. The monoisotopic (exact) mass is 198 g/mol. The molecule has 2 atom stereocenters. The van der Waals surface area contributed by atoms with Crippen molar-refractivity contribution in [2.45, 2.75) is 18.7 Å². The van der Waals surface area contributed by atoms with Gasteiger partial charge < -0.3 is 4.74 Å². The summed E-state index contributed by atoms with van der Waals surface area (Å²) in [6.07, 6.45) is -1.01. The number of hydrogen-bond acceptors (Lipinski definition) is 4. The predicted molar refractivity (Wildman–Crippen MR) is 40.0 cm³/mol. The van der Waals surface area contributed by atoms with Crippen LogP contribution < -0.4 is 0 Å². The van der Waals surface area contributed by atoms with Crippen LogP contribution in [0.25, 0.3) is 0 Å². The average molecular weight is 198 g/mol. The minimum atomic E-state index is -3.55. The number of alkyl halides is 1. The van der Waals surface area contributed by atoms with Gasteiger partial charge in [0.05, 0.1) is 12.9 Å². The lowest BCUT2D eigenvalue weighted by molar-refractivity contribution is -0.0355. The Morgan fingerprint density at radius 2 is 2.25 bits per heavy atom. The summed E-state index contributed by atoms with van der Waals surface area (Å²) in [7, 11) is -3.55. The molecule has 0 bridgehead atoms. The standard InChI is InChI=1S/C6H11FO4S/c1-12(8,9)11-6-2-3-10-4-5(6)7/h5-6H,2-4H2,1H3/t5-,6-/m0/s1. The second kappa shape index (κ2) is 3.68. The van der Waals surface area contributed by atoms with E-state index >= 15 is 0 Å². The maximum atomic E-state index is 12.9. The summed E-state index contributed by atoms with van der Waals surface area (Å²) in [5.74, 6) is 0. The Morgan fingerprint density at radius 3 is 2.75 bits per heavy atom. The van der Waals surface area contributed by atoms with E-state index in [2.05, 4.69) is 4.18 Å². The molecular formula is C6H11FO4S. The van der Waals surface area contributed by atoms with Crippen molar-refractivity contribution in [2.75, 3.05) is 19.5 Å². The molecule has 1 rings (SSSR count). The van der Waals surface area contributed by atoms with Crippen molar-refractivity contribution in [3.05, 3.63) is 0 Å². The van der Waals surface area contributed by atoms with Gasteiger partial charge in [-0.05, 0) is 0 Å². The zero-order chi connectivity index (χ0) is 9.19. The van der Waals surface area contributed by atoms with Gasteiger partial charge in [-0.2, -0.15) is 8.42 Å². The van der Waals surface area contributed by atoms with E-state index in [0.29, 0.717) is 6.61 Å². The first-order valence-corrected chi connectivity index (χ1v) is 5.41. The molecule has 0 aromatic rings. The van der Waals surface area contributed by atoms with Gasteiger partial charge in [0.1, 0.15) is 6.10 Å². The van der Waals surface area contributed by atoms with Crippen molar-refractivity contribution >= 4 is 10.1 Å². The van der Waals surface area contributed by atoms with Gasteiger partial charge in [0, 0.05) is 13.0 Å². The predicted octanol–water partition coefficient (Wildman–Crippen LogP) is 0.0896. The Balaban J connectivity index is 2.50. The van der Waals surface area contributed by atoms with Gasteiger partial charge in [-0.25, -0.2) is 4.39 Å². The lowest BCUT2D eigenvalue weighted by atomic mass is 10.1. The smallest absolute Gasteiger partial charge is 0.264 e. The Morgan fingerprint density at radius 1 is 1.58 bits per heavy atom. The van der Waals surface area contributed by atoms with Crippen LogP contribution in [0.2, 0.25) is 0 Å². The van der Waals surface area contributed by atoms with Crippen molar-refractivity contribution in [1.82, 2.24) is 0 Å². The summed E-state index contributed by atoms with van der Waals surface area (Å²) in [4.78, 5) is 0. The summed E-state index contributed by atoms with van der Waals surface area (Å²) in [5.41, 5.74) is 0. The van der Waals surface area contributed by atoms with Gasteiger partial charge in [-0.1, -0.05) is 0 Å². The van der Waals surface area contributed by atoms with E-state index in [-0.39, 0.29) is 13.0 Å². The minimum absolute atomic E-state index is 0.0831. The van der Waals surface area contributed by atoms with Gasteiger partial charge in [-0.15, -0.1) is 0 Å². The van der Waals surface area contributed by atoms with E-state index in [4.69, 9.17) is 4.74 Å². The van der Waals surface area contributed by atoms with Crippen molar-refractivity contribution in [3.8, 4) is 0 Å². The van der Waals surface area contributed by atoms with Crippen LogP contribution >= 0.6 is 0 Å². The SMILES string of the molecule is CS(=O)(=O)O[C@H]1CCOC[C@@H]1F. The van der Waals surface area contributed by atoms with E-state index in [1.165, 1.54) is 0 Å². The first-order valence-electron chi connectivity index (χ1n) is 3.59. The van der Waals surface area contributed by atoms with Crippen LogP contribution in [0.3, 0.4) is 0 Å². The maximum absolute atomic E-state index is 12.9. The fourth-order valence-corrected chi connectivity index (χ4v) is 1.68. The molecule has 0 amide bonds. The van der Waals surface area contributed by atoms with E-state index in [1.54, 1.807) is 0 Å². The molecule has 1 aliphatic heterocycles. The third-order valence-corrected chi connectivity index (χ3v) is 2.12. The number of rotatable bonds is 2. The highest BCUT2D eigenvalue weighted by molar-refractivity contribution is 7.86. The van der Waals surface area contributed by atoms with Gasteiger partial charge in [-0.3, -0.25) is 4.18 Å². The molecule has 12 heavy (non-hydrogen) atoms. The third-order valence-electron chi connectivity index (χ3n) is 1.53. The lowest BCUT2D eigenvalue weighted by Crippen LogP contribution is -2.36. The molecule has 6 heteroatoms. The largest absolute Gasteiger partial charge is 0.378 e. The fraction of sp³-hybridized carbons (Fsp3) is 1.00. The second-order valence-electron chi connectivity index (χ2n) is 2.72. The lowest BCUT2D eigenvalue weighted by Gasteiger charge is -2.24. The molecule has 0 unspecified atom stereocenters. The number of ether oxygens (including phenoxy) is 1. The quantitative estimate of drug-likeness (QED) is 0.590. The van der Waals surface area contributed by atoms with Crippen LogP contribution in [0, 0.1) is 0 Å². The molecule has 0 radical (unpaired) electrons. The Bertz CT molecular complexity index is 238. The van der Waals surface area contributed by atoms with E-state index in [1.807, 2.05) is 0 Å². The molecule has 1 saturated heterocycles. The van der Waals surface area contributed by atoms with Gasteiger partial charge in [0.15, 0.2) is 6.17 Å². The number of hydrogen-bond donors (Lipinski definition) is 0. The van der Waals surface area contributed by atoms with Crippen LogP contribution in [-0.4, -0.2) is 40.2 Å². The summed E-state index contributed by atoms with van der Waals surface area (Å²) < 4.78 is 43.4. The topological polar surface area (TPSA) is 52.6 Å². The Kier molecular flexibility index (Phi) is 3.03. The van der Waals surface area contributed by atoms with E-state index < -0.39 is 22.4 Å². The molecule has 0 aromatic heterocycles. The van der Waals surface area contributed by atoms with Gasteiger partial charge in [0.25, 0.3) is 10.1 Å². The van der Waals surface area contributed by atoms with Crippen LogP contribution in [-0.2, 0) is 19.0 Å². The maximum Gasteiger partial charge on any atom is 0.264 e. The Hall–Kier alpha value is -0.200. The normalized spacial score (nSPS) is 31.8. The summed E-state index contributed by atoms with van der Waals surface area (Å²) >= 11 is 0. The first-order chi connectivity index (χ1) is 5.49. The summed E-state index contributed by atoms with van der Waals surface area (Å²) in [6.45, 7) is 0.265.